The van der Waals surface area contributed by atoms with Crippen molar-refractivity contribution in [2.24, 2.45) is 5.73 Å². The van der Waals surface area contributed by atoms with E-state index < -0.39 is 36.1 Å². The lowest BCUT2D eigenvalue weighted by Crippen LogP contribution is -2.40. The molecule has 0 aromatic heterocycles. The third kappa shape index (κ3) is 6.54. The van der Waals surface area contributed by atoms with Gasteiger partial charge in [0.1, 0.15) is 12.1 Å². The summed E-state index contributed by atoms with van der Waals surface area (Å²) in [6.45, 7) is 6.65. The van der Waals surface area contributed by atoms with Crippen molar-refractivity contribution in [3.05, 3.63) is 52.6 Å². The summed E-state index contributed by atoms with van der Waals surface area (Å²) in [5, 5.41) is 2.12. The van der Waals surface area contributed by atoms with E-state index in [9.17, 15) is 22.8 Å². The van der Waals surface area contributed by atoms with Gasteiger partial charge in [0.25, 0.3) is 0 Å². The summed E-state index contributed by atoms with van der Waals surface area (Å²) in [5.41, 5.74) is 8.85. The highest BCUT2D eigenvalue weighted by atomic mass is 32.2. The molecule has 3 N–H and O–H groups in total. The van der Waals surface area contributed by atoms with Gasteiger partial charge in [-0.25, -0.2) is 4.79 Å². The monoisotopic (exact) mass is 563 g/mol. The van der Waals surface area contributed by atoms with Crippen LogP contribution in [0.3, 0.4) is 0 Å². The second-order valence-electron chi connectivity index (χ2n) is 11.1. The van der Waals surface area contributed by atoms with Crippen molar-refractivity contribution in [3.63, 3.8) is 0 Å². The number of amides is 1. The molecule has 2 aromatic carbocycles. The van der Waals surface area contributed by atoms with Crippen molar-refractivity contribution in [1.29, 1.82) is 0 Å². The summed E-state index contributed by atoms with van der Waals surface area (Å²) in [4.78, 5) is 30.6. The number of ether oxygens (including phenoxy) is 1. The smallest absolute Gasteiger partial charge is 0.405 e. The van der Waals surface area contributed by atoms with E-state index in [0.29, 0.717) is 40.2 Å². The molecule has 0 saturated carbocycles. The molecule has 212 valence electrons. The molecule has 2 aliphatic heterocycles. The zero-order valence-corrected chi connectivity index (χ0v) is 23.6. The van der Waals surface area contributed by atoms with Gasteiger partial charge in [-0.2, -0.15) is 13.2 Å². The van der Waals surface area contributed by atoms with Crippen molar-refractivity contribution in [3.8, 4) is 0 Å². The summed E-state index contributed by atoms with van der Waals surface area (Å²) in [6.07, 6.45) is -1.13. The number of fused-ring (bicyclic) bond motifs is 2. The number of rotatable bonds is 7. The Morgan fingerprint density at radius 1 is 1.18 bits per heavy atom. The first-order valence-electron chi connectivity index (χ1n) is 13.4. The van der Waals surface area contributed by atoms with Crippen LogP contribution in [0.1, 0.15) is 86.3 Å². The Morgan fingerprint density at radius 3 is 2.51 bits per heavy atom. The number of alkyl halides is 3. The number of carbonyl (C=O) groups excluding carboxylic acids is 2. The van der Waals surface area contributed by atoms with Gasteiger partial charge in [-0.15, -0.1) is 0 Å². The number of benzene rings is 2. The molecular weight excluding hydrogens is 527 g/mol. The number of nitrogens with zero attached hydrogens (tertiary/aromatic N) is 1. The normalized spacial score (nSPS) is 18.9. The van der Waals surface area contributed by atoms with Crippen molar-refractivity contribution >= 4 is 29.3 Å². The SMILES string of the molecule is CCCCc1c2c(cc(C(=O)OC(C)(C)C)c1N1CCCC1N)Sc1ccccc1C2C(=O)NCC(F)(F)F. The summed E-state index contributed by atoms with van der Waals surface area (Å²) < 4.78 is 45.2. The highest BCUT2D eigenvalue weighted by Gasteiger charge is 2.40. The lowest BCUT2D eigenvalue weighted by molar-refractivity contribution is -0.138. The molecule has 2 atom stereocenters. The fourth-order valence-electron chi connectivity index (χ4n) is 5.26. The molecule has 10 heteroatoms. The van der Waals surface area contributed by atoms with Crippen LogP contribution in [-0.2, 0) is 16.0 Å². The number of unbranched alkanes of at least 4 members (excludes halogenated alkanes) is 1. The van der Waals surface area contributed by atoms with Gasteiger partial charge in [0.05, 0.1) is 23.3 Å². The van der Waals surface area contributed by atoms with Gasteiger partial charge in [-0.05, 0) is 75.3 Å². The van der Waals surface area contributed by atoms with Crippen molar-refractivity contribution in [1.82, 2.24) is 5.32 Å². The fourth-order valence-corrected chi connectivity index (χ4v) is 6.47. The van der Waals surface area contributed by atoms with Gasteiger partial charge >= 0.3 is 12.1 Å². The maximum Gasteiger partial charge on any atom is 0.405 e. The Kier molecular flexibility index (Phi) is 8.56. The predicted octanol–water partition coefficient (Wildman–Crippen LogP) is 6.14. The Hall–Kier alpha value is -2.72. The first-order valence-corrected chi connectivity index (χ1v) is 14.2. The Morgan fingerprint density at radius 2 is 1.90 bits per heavy atom. The van der Waals surface area contributed by atoms with E-state index >= 15 is 0 Å². The van der Waals surface area contributed by atoms with Crippen LogP contribution in [0, 0.1) is 0 Å². The summed E-state index contributed by atoms with van der Waals surface area (Å²) >= 11 is 1.42. The minimum absolute atomic E-state index is 0.328. The second kappa shape index (κ2) is 11.4. The van der Waals surface area contributed by atoms with E-state index in [1.165, 1.54) is 11.8 Å². The number of esters is 1. The number of nitrogens with one attached hydrogen (secondary N) is 1. The first kappa shape index (κ1) is 29.3. The average molecular weight is 564 g/mol. The number of hydrogen-bond donors (Lipinski definition) is 2. The summed E-state index contributed by atoms with van der Waals surface area (Å²) in [5.74, 6) is -2.17. The molecule has 0 bridgehead atoms. The van der Waals surface area contributed by atoms with E-state index in [1.54, 1.807) is 39.0 Å². The number of halogens is 3. The Bertz CT molecular complexity index is 1240. The largest absolute Gasteiger partial charge is 0.456 e. The number of nitrogens with two attached hydrogens (primary N) is 1. The molecule has 0 spiro atoms. The standard InChI is InChI=1S/C29H36F3N3O3S/c1-5-6-10-18-23-21(15-19(27(37)38-28(2,3)4)25(18)35-14-9-13-22(35)33)39-20-12-8-7-11-17(20)24(23)26(36)34-16-29(30,31)32/h7-8,11-12,15,22,24H,5-6,9-10,13-14,16,33H2,1-4H3,(H,34,36). The van der Waals surface area contributed by atoms with Crippen LogP contribution >= 0.6 is 11.8 Å². The van der Waals surface area contributed by atoms with Gasteiger partial charge in [-0.1, -0.05) is 43.3 Å². The fraction of sp³-hybridized carbons (Fsp3) is 0.517. The lowest BCUT2D eigenvalue weighted by atomic mass is 9.83. The highest BCUT2D eigenvalue weighted by Crippen LogP contribution is 2.51. The van der Waals surface area contributed by atoms with Gasteiger partial charge in [0.2, 0.25) is 5.91 Å². The molecule has 1 fully saturated rings. The molecule has 1 amide bonds. The summed E-state index contributed by atoms with van der Waals surface area (Å²) in [7, 11) is 0. The van der Waals surface area contributed by atoms with Gasteiger partial charge < -0.3 is 20.7 Å². The Labute approximate surface area is 231 Å². The van der Waals surface area contributed by atoms with Crippen LogP contribution in [0.15, 0.2) is 40.1 Å². The molecule has 2 aliphatic rings. The molecule has 2 heterocycles. The van der Waals surface area contributed by atoms with Crippen LogP contribution < -0.4 is 16.0 Å². The summed E-state index contributed by atoms with van der Waals surface area (Å²) in [6, 6.07) is 8.98. The Balaban J connectivity index is 1.98. The van der Waals surface area contributed by atoms with Gasteiger partial charge in [-0.3, -0.25) is 4.79 Å². The molecule has 1 saturated heterocycles. The minimum atomic E-state index is -4.54. The molecule has 0 aliphatic carbocycles. The highest BCUT2D eigenvalue weighted by molar-refractivity contribution is 7.99. The topological polar surface area (TPSA) is 84.7 Å². The van der Waals surface area contributed by atoms with Crippen LogP contribution in [0.5, 0.6) is 0 Å². The lowest BCUT2D eigenvalue weighted by Gasteiger charge is -2.35. The third-order valence-electron chi connectivity index (χ3n) is 6.86. The molecule has 2 unspecified atom stereocenters. The molecule has 39 heavy (non-hydrogen) atoms. The predicted molar refractivity (Wildman–Crippen MR) is 146 cm³/mol. The molecule has 4 rings (SSSR count). The second-order valence-corrected chi connectivity index (χ2v) is 12.2. The molecule has 2 aromatic rings. The molecule has 0 radical (unpaired) electrons. The average Bonchev–Trinajstić information content (AvgIpc) is 3.27. The molecule has 6 nitrogen and oxygen atoms in total. The van der Waals surface area contributed by atoms with Gasteiger partial charge in [0, 0.05) is 16.3 Å². The number of carbonyl (C=O) groups is 2. The van der Waals surface area contributed by atoms with E-state index in [4.69, 9.17) is 10.5 Å². The van der Waals surface area contributed by atoms with Gasteiger partial charge in [0.15, 0.2) is 0 Å². The third-order valence-corrected chi connectivity index (χ3v) is 8.01. The van der Waals surface area contributed by atoms with E-state index in [1.807, 2.05) is 24.0 Å². The maximum atomic E-state index is 13.6. The van der Waals surface area contributed by atoms with E-state index in [-0.39, 0.29) is 6.17 Å². The van der Waals surface area contributed by atoms with Crippen LogP contribution in [0.2, 0.25) is 0 Å². The van der Waals surface area contributed by atoms with Crippen molar-refractivity contribution in [2.45, 2.75) is 93.5 Å². The zero-order chi connectivity index (χ0) is 28.5. The van der Waals surface area contributed by atoms with Crippen LogP contribution in [0.4, 0.5) is 18.9 Å². The van der Waals surface area contributed by atoms with Crippen molar-refractivity contribution in [2.75, 3.05) is 18.0 Å². The van der Waals surface area contributed by atoms with Crippen LogP contribution in [-0.4, -0.2) is 42.9 Å². The van der Waals surface area contributed by atoms with Crippen LogP contribution in [0.25, 0.3) is 0 Å². The maximum absolute atomic E-state index is 13.6. The molecular formula is C29H36F3N3O3S. The minimum Gasteiger partial charge on any atom is -0.456 e. The van der Waals surface area contributed by atoms with E-state index in [0.717, 1.165) is 36.1 Å². The quantitative estimate of drug-likeness (QED) is 0.394. The number of hydrogen-bond acceptors (Lipinski definition) is 6. The van der Waals surface area contributed by atoms with E-state index in [2.05, 4.69) is 5.32 Å². The zero-order valence-electron chi connectivity index (χ0n) is 22.8. The first-order chi connectivity index (χ1) is 18.3. The number of anilines is 1. The van der Waals surface area contributed by atoms with Crippen molar-refractivity contribution < 1.29 is 27.5 Å².